The van der Waals surface area contributed by atoms with E-state index >= 15 is 0 Å². The number of hydrogen-bond acceptors (Lipinski definition) is 4. The van der Waals surface area contributed by atoms with Gasteiger partial charge < -0.3 is 16.2 Å². The first kappa shape index (κ1) is 16.1. The van der Waals surface area contributed by atoms with E-state index in [0.717, 1.165) is 25.1 Å². The molecule has 1 aromatic carbocycles. The lowest BCUT2D eigenvalue weighted by Crippen LogP contribution is -2.32. The number of carbonyl (C=O) groups is 1. The third kappa shape index (κ3) is 5.27. The van der Waals surface area contributed by atoms with E-state index in [1.807, 2.05) is 42.6 Å². The number of carboxylic acids is 1. The molecule has 0 spiro atoms. The monoisotopic (exact) mass is 299 g/mol. The molecule has 22 heavy (non-hydrogen) atoms. The molecule has 0 amide bonds. The first-order chi connectivity index (χ1) is 10.6. The molecule has 116 valence electrons. The molecule has 0 fully saturated rings. The number of rotatable bonds is 8. The predicted molar refractivity (Wildman–Crippen MR) is 85.4 cm³/mol. The van der Waals surface area contributed by atoms with Gasteiger partial charge in [0.15, 0.2) is 0 Å². The molecule has 5 nitrogen and oxygen atoms in total. The van der Waals surface area contributed by atoms with Crippen molar-refractivity contribution >= 4 is 5.97 Å². The molecule has 0 aliphatic carbocycles. The van der Waals surface area contributed by atoms with Crippen LogP contribution < -0.4 is 11.1 Å². The third-order valence-corrected chi connectivity index (χ3v) is 3.44. The maximum absolute atomic E-state index is 10.7. The highest BCUT2D eigenvalue weighted by Gasteiger charge is 2.11. The normalized spacial score (nSPS) is 12.0. The third-order valence-electron chi connectivity index (χ3n) is 3.44. The maximum Gasteiger partial charge on any atom is 0.320 e. The fourth-order valence-electron chi connectivity index (χ4n) is 2.15. The van der Waals surface area contributed by atoms with E-state index in [-0.39, 0.29) is 0 Å². The summed E-state index contributed by atoms with van der Waals surface area (Å²) in [5.41, 5.74) is 8.85. The average Bonchev–Trinajstić information content (AvgIpc) is 2.54. The van der Waals surface area contributed by atoms with Gasteiger partial charge in [0.05, 0.1) is 0 Å². The molecule has 1 heterocycles. The zero-order chi connectivity index (χ0) is 15.8. The van der Waals surface area contributed by atoms with Crippen LogP contribution in [0.2, 0.25) is 0 Å². The number of aromatic nitrogens is 1. The van der Waals surface area contributed by atoms with Crippen molar-refractivity contribution < 1.29 is 9.90 Å². The Hall–Kier alpha value is -2.24. The Morgan fingerprint density at radius 1 is 1.18 bits per heavy atom. The Labute approximate surface area is 130 Å². The van der Waals surface area contributed by atoms with Crippen LogP contribution in [0.25, 0.3) is 0 Å². The highest BCUT2D eigenvalue weighted by molar-refractivity contribution is 5.73. The summed E-state index contributed by atoms with van der Waals surface area (Å²) in [6.07, 6.45) is 4.90. The van der Waals surface area contributed by atoms with Gasteiger partial charge in [-0.1, -0.05) is 30.3 Å². The van der Waals surface area contributed by atoms with Crippen molar-refractivity contribution in [3.05, 3.63) is 65.5 Å². The van der Waals surface area contributed by atoms with Crippen molar-refractivity contribution in [2.45, 2.75) is 25.4 Å². The van der Waals surface area contributed by atoms with Crippen LogP contribution in [0.4, 0.5) is 0 Å². The summed E-state index contributed by atoms with van der Waals surface area (Å²) in [6.45, 7) is 1.68. The van der Waals surface area contributed by atoms with Gasteiger partial charge in [0.2, 0.25) is 0 Å². The minimum atomic E-state index is -0.969. The minimum Gasteiger partial charge on any atom is -0.480 e. The van der Waals surface area contributed by atoms with Gasteiger partial charge in [0, 0.05) is 18.9 Å². The number of nitrogens with two attached hydrogens (primary N) is 1. The van der Waals surface area contributed by atoms with Gasteiger partial charge >= 0.3 is 5.97 Å². The second kappa shape index (κ2) is 8.26. The number of hydrogen-bond donors (Lipinski definition) is 3. The predicted octanol–water partition coefficient (Wildman–Crippen LogP) is 1.37. The lowest BCUT2D eigenvalue weighted by atomic mass is 10.0. The minimum absolute atomic E-state index is 0.356. The number of benzene rings is 1. The highest BCUT2D eigenvalue weighted by Crippen LogP contribution is 2.07. The summed E-state index contributed by atoms with van der Waals surface area (Å²) >= 11 is 0. The van der Waals surface area contributed by atoms with Gasteiger partial charge in [0.25, 0.3) is 0 Å². The van der Waals surface area contributed by atoms with E-state index in [2.05, 4.69) is 10.3 Å². The molecule has 2 aromatic rings. The van der Waals surface area contributed by atoms with Gasteiger partial charge in [-0.3, -0.25) is 9.78 Å². The molecular formula is C17H21N3O2. The van der Waals surface area contributed by atoms with Crippen LogP contribution in [-0.2, 0) is 24.2 Å². The summed E-state index contributed by atoms with van der Waals surface area (Å²) in [5, 5.41) is 12.2. The molecule has 0 saturated carbocycles. The molecule has 4 N–H and O–H groups in total. The fourth-order valence-corrected chi connectivity index (χ4v) is 2.15. The summed E-state index contributed by atoms with van der Waals surface area (Å²) in [4.78, 5) is 14.8. The SMILES string of the molecule is N[C@H](Cc1ccc(CCNCc2cccnc2)cc1)C(=O)O. The van der Waals surface area contributed by atoms with Crippen molar-refractivity contribution in [2.24, 2.45) is 5.73 Å². The molecule has 5 heteroatoms. The highest BCUT2D eigenvalue weighted by atomic mass is 16.4. The van der Waals surface area contributed by atoms with Gasteiger partial charge in [-0.05, 0) is 42.1 Å². The number of pyridine rings is 1. The smallest absolute Gasteiger partial charge is 0.320 e. The zero-order valence-electron chi connectivity index (χ0n) is 12.4. The van der Waals surface area contributed by atoms with E-state index < -0.39 is 12.0 Å². The molecule has 1 atom stereocenters. The zero-order valence-corrected chi connectivity index (χ0v) is 12.4. The van der Waals surface area contributed by atoms with E-state index in [0.29, 0.717) is 6.42 Å². The van der Waals surface area contributed by atoms with Crippen LogP contribution in [-0.4, -0.2) is 28.6 Å². The molecule has 1 aromatic heterocycles. The molecule has 0 aliphatic rings. The first-order valence-corrected chi connectivity index (χ1v) is 7.31. The van der Waals surface area contributed by atoms with Crippen LogP contribution in [0, 0.1) is 0 Å². The summed E-state index contributed by atoms with van der Waals surface area (Å²) in [5.74, 6) is -0.969. The Morgan fingerprint density at radius 2 is 1.91 bits per heavy atom. The standard InChI is InChI=1S/C17H21N3O2/c18-16(17(21)22)10-14-5-3-13(4-6-14)7-9-20-12-15-2-1-8-19-11-15/h1-6,8,11,16,20H,7,9-10,12,18H2,(H,21,22)/t16-/m1/s1. The molecule has 0 aliphatic heterocycles. The van der Waals surface area contributed by atoms with E-state index in [1.165, 1.54) is 11.1 Å². The van der Waals surface area contributed by atoms with Crippen LogP contribution in [0.5, 0.6) is 0 Å². The second-order valence-electron chi connectivity index (χ2n) is 5.25. The van der Waals surface area contributed by atoms with Gasteiger partial charge in [-0.2, -0.15) is 0 Å². The fraction of sp³-hybridized carbons (Fsp3) is 0.294. The number of nitrogens with one attached hydrogen (secondary N) is 1. The molecule has 0 bridgehead atoms. The molecule has 0 saturated heterocycles. The summed E-state index contributed by atoms with van der Waals surface area (Å²) < 4.78 is 0. The van der Waals surface area contributed by atoms with Crippen molar-refractivity contribution in [3.8, 4) is 0 Å². The molecular weight excluding hydrogens is 278 g/mol. The Balaban J connectivity index is 1.73. The summed E-state index contributed by atoms with van der Waals surface area (Å²) in [7, 11) is 0. The van der Waals surface area contributed by atoms with E-state index in [9.17, 15) is 4.79 Å². The topological polar surface area (TPSA) is 88.2 Å². The van der Waals surface area contributed by atoms with Crippen LogP contribution >= 0.6 is 0 Å². The molecule has 2 rings (SSSR count). The Morgan fingerprint density at radius 3 is 2.55 bits per heavy atom. The summed E-state index contributed by atoms with van der Waals surface area (Å²) in [6, 6.07) is 11.1. The van der Waals surface area contributed by atoms with Crippen molar-refractivity contribution in [1.29, 1.82) is 0 Å². The quantitative estimate of drug-likeness (QED) is 0.641. The van der Waals surface area contributed by atoms with Gasteiger partial charge in [-0.25, -0.2) is 0 Å². The second-order valence-corrected chi connectivity index (χ2v) is 5.25. The number of nitrogens with zero attached hydrogens (tertiary/aromatic N) is 1. The lowest BCUT2D eigenvalue weighted by Gasteiger charge is -2.08. The van der Waals surface area contributed by atoms with Crippen LogP contribution in [0.15, 0.2) is 48.8 Å². The van der Waals surface area contributed by atoms with Crippen LogP contribution in [0.3, 0.4) is 0 Å². The molecule has 0 radical (unpaired) electrons. The van der Waals surface area contributed by atoms with Crippen molar-refractivity contribution in [2.75, 3.05) is 6.54 Å². The van der Waals surface area contributed by atoms with Gasteiger partial charge in [-0.15, -0.1) is 0 Å². The number of aliphatic carboxylic acids is 1. The van der Waals surface area contributed by atoms with Crippen molar-refractivity contribution in [3.63, 3.8) is 0 Å². The number of carboxylic acid groups (broad SMARTS) is 1. The van der Waals surface area contributed by atoms with Crippen LogP contribution in [0.1, 0.15) is 16.7 Å². The Kier molecular flexibility index (Phi) is 6.06. The van der Waals surface area contributed by atoms with E-state index in [4.69, 9.17) is 10.8 Å². The van der Waals surface area contributed by atoms with E-state index in [1.54, 1.807) is 6.20 Å². The largest absolute Gasteiger partial charge is 0.480 e. The Bertz CT molecular complexity index is 585. The maximum atomic E-state index is 10.7. The van der Waals surface area contributed by atoms with Crippen molar-refractivity contribution in [1.82, 2.24) is 10.3 Å². The average molecular weight is 299 g/mol. The first-order valence-electron chi connectivity index (χ1n) is 7.31. The lowest BCUT2D eigenvalue weighted by molar-refractivity contribution is -0.138. The van der Waals surface area contributed by atoms with Gasteiger partial charge in [0.1, 0.15) is 6.04 Å². The molecule has 0 unspecified atom stereocenters.